The number of hydrogen-bond donors (Lipinski definition) is 7. The van der Waals surface area contributed by atoms with Crippen LogP contribution in [0.1, 0.15) is 19.5 Å². The average molecular weight is 682 g/mol. The third-order valence-electron chi connectivity index (χ3n) is 6.42. The van der Waals surface area contributed by atoms with Crippen LogP contribution in [0.4, 0.5) is 16.6 Å². The predicted molar refractivity (Wildman–Crippen MR) is 166 cm³/mol. The second-order valence-electron chi connectivity index (χ2n) is 10.0. The Morgan fingerprint density at radius 2 is 2.07 bits per heavy atom. The number of nitrogens with zero attached hydrogens (tertiary/aromatic N) is 5. The Bertz CT molecular complexity index is 1630. The lowest BCUT2D eigenvalue weighted by Gasteiger charge is -2.49. The predicted octanol–water partition coefficient (Wildman–Crippen LogP) is -0.407. The molecule has 0 saturated carbocycles. The molecule has 17 nitrogen and oxygen atoms in total. The van der Waals surface area contributed by atoms with Crippen LogP contribution in [-0.2, 0) is 30.6 Å². The molecule has 2 atom stereocenters. The molecule has 4 heterocycles. The van der Waals surface area contributed by atoms with Crippen LogP contribution in [0.15, 0.2) is 41.1 Å². The number of oxime groups is 1. The van der Waals surface area contributed by atoms with Crippen molar-refractivity contribution in [1.29, 1.82) is 0 Å². The van der Waals surface area contributed by atoms with Crippen molar-refractivity contribution in [2.75, 3.05) is 35.6 Å². The van der Waals surface area contributed by atoms with Gasteiger partial charge in [-0.05, 0) is 30.5 Å². The maximum absolute atomic E-state index is 13.3. The number of nitrogens with two attached hydrogens (primary N) is 3. The van der Waals surface area contributed by atoms with Crippen LogP contribution in [0.25, 0.3) is 0 Å². The van der Waals surface area contributed by atoms with Crippen molar-refractivity contribution in [2.24, 2.45) is 10.9 Å². The number of carbonyl (C=O) groups is 4. The van der Waals surface area contributed by atoms with Gasteiger partial charge in [0.15, 0.2) is 10.8 Å². The Hall–Kier alpha value is -4.46. The molecule has 2 amide bonds. The van der Waals surface area contributed by atoms with E-state index in [4.69, 9.17) is 33.6 Å². The maximum atomic E-state index is 13.3. The van der Waals surface area contributed by atoms with Crippen LogP contribution in [-0.4, -0.2) is 90.4 Å². The maximum Gasteiger partial charge on any atom is 0.352 e. The fraction of sp³-hybridized carbons (Fsp3) is 0.360. The summed E-state index contributed by atoms with van der Waals surface area (Å²) in [5, 5.41) is 27.9. The molecule has 0 bridgehead atoms. The van der Waals surface area contributed by atoms with Gasteiger partial charge in [0, 0.05) is 18.8 Å². The highest BCUT2D eigenvalue weighted by molar-refractivity contribution is 8.00. The number of thioether (sulfide) groups is 1. The van der Waals surface area contributed by atoms with Gasteiger partial charge in [0.1, 0.15) is 45.6 Å². The summed E-state index contributed by atoms with van der Waals surface area (Å²) in [5.41, 5.74) is 15.4. The van der Waals surface area contributed by atoms with Gasteiger partial charge >= 0.3 is 11.9 Å². The van der Waals surface area contributed by atoms with E-state index in [-0.39, 0.29) is 26.6 Å². The number of carbonyl (C=O) groups excluding carboxylic acids is 2. The largest absolute Gasteiger partial charge is 0.478 e. The number of allylic oxidation sites excluding steroid dienone is 2. The monoisotopic (exact) mass is 681 g/mol. The van der Waals surface area contributed by atoms with Gasteiger partial charge in [0.25, 0.3) is 24.0 Å². The van der Waals surface area contributed by atoms with Gasteiger partial charge in [0.2, 0.25) is 5.60 Å². The summed E-state index contributed by atoms with van der Waals surface area (Å²) in [6.45, 7) is 3.66. The molecule has 2 aliphatic heterocycles. The summed E-state index contributed by atoms with van der Waals surface area (Å²) in [6, 6.07) is -1.13. The molecular weight excluding hydrogens is 652 g/mol. The molecule has 0 aliphatic carbocycles. The number of aliphatic carboxylic acids is 2. The van der Waals surface area contributed by atoms with E-state index in [0.29, 0.717) is 36.7 Å². The van der Waals surface area contributed by atoms with Crippen molar-refractivity contribution in [2.45, 2.75) is 37.4 Å². The van der Waals surface area contributed by atoms with E-state index in [1.807, 2.05) is 0 Å². The van der Waals surface area contributed by atoms with Crippen molar-refractivity contribution in [3.05, 3.63) is 46.0 Å². The van der Waals surface area contributed by atoms with E-state index < -0.39 is 46.5 Å². The molecule has 10 N–H and O–H groups in total. The van der Waals surface area contributed by atoms with Crippen molar-refractivity contribution in [3.63, 3.8) is 0 Å². The van der Waals surface area contributed by atoms with E-state index in [2.05, 4.69) is 25.8 Å². The first-order valence-corrected chi connectivity index (χ1v) is 15.4. The number of anilines is 3. The molecule has 0 radical (unpaired) electrons. The minimum Gasteiger partial charge on any atom is -0.478 e. The summed E-state index contributed by atoms with van der Waals surface area (Å²) in [6.07, 6.45) is 6.60. The first-order chi connectivity index (χ1) is 21.2. The molecule has 20 heteroatoms. The third kappa shape index (κ3) is 7.27. The Morgan fingerprint density at radius 1 is 1.33 bits per heavy atom. The van der Waals surface area contributed by atoms with Gasteiger partial charge < -0.3 is 42.9 Å². The number of nitrogens with one attached hydrogen (secondary N) is 2. The number of aromatic nitrogens is 3. The number of hydrogen-bond acceptors (Lipinski definition) is 14. The number of carboxylic acids is 2. The van der Waals surface area contributed by atoms with E-state index in [0.717, 1.165) is 16.2 Å². The molecule has 0 unspecified atom stereocenters. The van der Waals surface area contributed by atoms with Gasteiger partial charge in [0.05, 0.1) is 0 Å². The first kappa shape index (κ1) is 33.4. The molecular formula is C25H30ClN10O7S2+. The molecule has 1 fully saturated rings. The smallest absolute Gasteiger partial charge is 0.352 e. The highest BCUT2D eigenvalue weighted by Gasteiger charge is 2.54. The molecule has 4 rings (SSSR count). The number of thiazole rings is 1. The van der Waals surface area contributed by atoms with Gasteiger partial charge in [-0.3, -0.25) is 14.5 Å². The highest BCUT2D eigenvalue weighted by Crippen LogP contribution is 2.40. The van der Waals surface area contributed by atoms with E-state index >= 15 is 0 Å². The van der Waals surface area contributed by atoms with E-state index in [1.165, 1.54) is 31.9 Å². The van der Waals surface area contributed by atoms with Crippen molar-refractivity contribution < 1.29 is 38.8 Å². The lowest BCUT2D eigenvalue weighted by Crippen LogP contribution is -2.71. The normalized spacial score (nSPS) is 18.4. The Labute approximate surface area is 269 Å². The molecule has 0 spiro atoms. The van der Waals surface area contributed by atoms with Crippen LogP contribution in [0.2, 0.25) is 4.34 Å². The van der Waals surface area contributed by atoms with Crippen LogP contribution < -0.4 is 32.4 Å². The van der Waals surface area contributed by atoms with Gasteiger partial charge in [-0.2, -0.15) is 0 Å². The van der Waals surface area contributed by atoms with Crippen LogP contribution in [0.5, 0.6) is 0 Å². The van der Waals surface area contributed by atoms with E-state index in [1.54, 1.807) is 22.9 Å². The average Bonchev–Trinajstić information content (AvgIpc) is 3.32. The van der Waals surface area contributed by atoms with Gasteiger partial charge in [-0.15, -0.1) is 11.8 Å². The SMILES string of the molecule is CC(C)(O/N=C(\C(=O)N[C@@H]1C(=O)N2C(C(=O)O)=C(/C=C/C[n+]3cnc(N)c(NCCN)c3)CS[C@H]12)c1nc(N)sc1Cl)C(=O)O. The Kier molecular flexibility index (Phi) is 10.2. The quantitative estimate of drug-likeness (QED) is 0.0613. The number of rotatable bonds is 13. The lowest BCUT2D eigenvalue weighted by atomic mass is 10.0. The van der Waals surface area contributed by atoms with Crippen LogP contribution in [0.3, 0.4) is 0 Å². The fourth-order valence-electron chi connectivity index (χ4n) is 4.07. The number of amides is 2. The van der Waals surface area contributed by atoms with Crippen molar-refractivity contribution >= 4 is 80.8 Å². The van der Waals surface area contributed by atoms with Gasteiger partial charge in [-0.1, -0.05) is 34.2 Å². The van der Waals surface area contributed by atoms with E-state index in [9.17, 15) is 29.4 Å². The zero-order valence-electron chi connectivity index (χ0n) is 23.9. The molecule has 2 aliphatic rings. The minimum absolute atomic E-state index is 0.00769. The molecule has 1 saturated heterocycles. The Morgan fingerprint density at radius 3 is 2.69 bits per heavy atom. The summed E-state index contributed by atoms with van der Waals surface area (Å²) in [5.74, 6) is -3.78. The van der Waals surface area contributed by atoms with Crippen molar-refractivity contribution in [3.8, 4) is 0 Å². The zero-order chi connectivity index (χ0) is 33.1. The topological polar surface area (TPSA) is 265 Å². The summed E-state index contributed by atoms with van der Waals surface area (Å²) in [4.78, 5) is 64.6. The standard InChI is InChI=1S/C25H29ClN10O7S2/c1-25(2,23(41)42)43-34-14(13-17(26)45-24(29)33-13)19(37)32-15-20(38)36-16(22(39)40)11(9-44-21(15)36)4-3-7-35-8-12(30-6-5-27)18(28)31-10-35/h3-4,8,10,15,21,28,30H,5-7,9,27H2,1-2H3,(H5,29,32,33,37,39,40,41,42)/p+1/b4-3+,34-14-/t15-,21-/m1/s1. The third-order valence-corrected chi connectivity index (χ3v) is 8.81. The zero-order valence-corrected chi connectivity index (χ0v) is 26.3. The number of fused-ring (bicyclic) bond motifs is 1. The summed E-state index contributed by atoms with van der Waals surface area (Å²) < 4.78 is 1.71. The Balaban J connectivity index is 1.52. The second-order valence-corrected chi connectivity index (χ2v) is 12.8. The second kappa shape index (κ2) is 13.7. The molecule has 0 aromatic carbocycles. The molecule has 240 valence electrons. The fourth-order valence-corrected chi connectivity index (χ4v) is 6.31. The van der Waals surface area contributed by atoms with Crippen LogP contribution in [0, 0.1) is 0 Å². The minimum atomic E-state index is -1.82. The summed E-state index contributed by atoms with van der Waals surface area (Å²) in [7, 11) is 0. The number of halogens is 1. The highest BCUT2D eigenvalue weighted by atomic mass is 35.5. The summed E-state index contributed by atoms with van der Waals surface area (Å²) >= 11 is 8.27. The van der Waals surface area contributed by atoms with Gasteiger partial charge in [-0.25, -0.2) is 19.1 Å². The lowest BCUT2D eigenvalue weighted by molar-refractivity contribution is -0.689. The van der Waals surface area contributed by atoms with Crippen molar-refractivity contribution in [1.82, 2.24) is 20.2 Å². The van der Waals surface area contributed by atoms with Crippen LogP contribution >= 0.6 is 34.7 Å². The molecule has 45 heavy (non-hydrogen) atoms. The molecule has 2 aromatic heterocycles. The first-order valence-electron chi connectivity index (χ1n) is 13.1. The molecule has 2 aromatic rings. The number of β-lactam (4-membered cyclic amide) rings is 1. The number of nitrogen functional groups attached to an aromatic ring is 2. The number of carboxylic acid groups (broad SMARTS) is 2.